The van der Waals surface area contributed by atoms with Crippen LogP contribution >= 0.6 is 46.7 Å². The first-order valence-electron chi connectivity index (χ1n) is 7.66. The minimum Gasteiger partial charge on any atom is -0.443 e. The van der Waals surface area contributed by atoms with Crippen LogP contribution < -0.4 is 10.6 Å². The lowest BCUT2D eigenvalue weighted by atomic mass is 10.4. The van der Waals surface area contributed by atoms with Crippen molar-refractivity contribution >= 4 is 52.6 Å². The van der Waals surface area contributed by atoms with E-state index in [9.17, 15) is 0 Å². The summed E-state index contributed by atoms with van der Waals surface area (Å²) in [7, 11) is 0. The second-order valence-corrected chi connectivity index (χ2v) is 7.30. The standard InChI is InChI=1S/C16H19N5OS2.HI/c1-3-17-16(20-9-14-18-7-11(2)24-14)19-8-12-10-22-15(21-12)13-5-4-6-23-13;/h4-7,10H,3,8-9H2,1-2H3,(H2,17,19,20);1H. The molecule has 0 saturated carbocycles. The molecule has 6 nitrogen and oxygen atoms in total. The van der Waals surface area contributed by atoms with Gasteiger partial charge in [-0.15, -0.1) is 46.7 Å². The van der Waals surface area contributed by atoms with E-state index < -0.39 is 0 Å². The average Bonchev–Trinajstić information content (AvgIpc) is 3.31. The molecule has 0 saturated heterocycles. The molecule has 0 bridgehead atoms. The zero-order valence-corrected chi connectivity index (χ0v) is 17.9. The number of aromatic nitrogens is 2. The van der Waals surface area contributed by atoms with Crippen LogP contribution in [-0.4, -0.2) is 22.5 Å². The van der Waals surface area contributed by atoms with E-state index in [1.807, 2.05) is 30.6 Å². The maximum Gasteiger partial charge on any atom is 0.236 e. The molecule has 0 amide bonds. The van der Waals surface area contributed by atoms with Crippen molar-refractivity contribution in [2.75, 3.05) is 6.54 Å². The molecule has 2 N–H and O–H groups in total. The van der Waals surface area contributed by atoms with E-state index in [-0.39, 0.29) is 24.0 Å². The molecule has 0 aliphatic carbocycles. The Kier molecular flexibility index (Phi) is 7.85. The third-order valence-corrected chi connectivity index (χ3v) is 4.87. The molecule has 3 aromatic rings. The SMILES string of the molecule is CCNC(=NCc1coc(-c2cccs2)n1)NCc1ncc(C)s1.I. The highest BCUT2D eigenvalue weighted by atomic mass is 127. The summed E-state index contributed by atoms with van der Waals surface area (Å²) in [5.74, 6) is 1.39. The lowest BCUT2D eigenvalue weighted by Crippen LogP contribution is -2.36. The number of aliphatic imine (C=N–C) groups is 1. The van der Waals surface area contributed by atoms with Gasteiger partial charge in [0.1, 0.15) is 17.0 Å². The van der Waals surface area contributed by atoms with Gasteiger partial charge in [0.25, 0.3) is 0 Å². The van der Waals surface area contributed by atoms with Crippen molar-refractivity contribution in [3.05, 3.63) is 45.6 Å². The predicted molar refractivity (Wildman–Crippen MR) is 114 cm³/mol. The van der Waals surface area contributed by atoms with E-state index >= 15 is 0 Å². The normalized spacial score (nSPS) is 11.2. The summed E-state index contributed by atoms with van der Waals surface area (Å²) in [6, 6.07) is 3.97. The molecule has 0 spiro atoms. The molecule has 3 rings (SSSR count). The van der Waals surface area contributed by atoms with Crippen molar-refractivity contribution in [3.8, 4) is 10.8 Å². The fraction of sp³-hybridized carbons (Fsp3) is 0.312. The zero-order chi connectivity index (χ0) is 16.8. The number of hydrogen-bond acceptors (Lipinski definition) is 6. The molecule has 134 valence electrons. The van der Waals surface area contributed by atoms with Crippen molar-refractivity contribution in [1.29, 1.82) is 0 Å². The molecule has 0 radical (unpaired) electrons. The lowest BCUT2D eigenvalue weighted by Gasteiger charge is -2.09. The van der Waals surface area contributed by atoms with Gasteiger partial charge in [0.2, 0.25) is 5.89 Å². The number of hydrogen-bond donors (Lipinski definition) is 2. The molecule has 0 atom stereocenters. The molecule has 9 heteroatoms. The van der Waals surface area contributed by atoms with E-state index in [1.54, 1.807) is 28.9 Å². The van der Waals surface area contributed by atoms with Crippen molar-refractivity contribution in [2.45, 2.75) is 26.9 Å². The molecule has 3 heterocycles. The van der Waals surface area contributed by atoms with Gasteiger partial charge >= 0.3 is 0 Å². The van der Waals surface area contributed by atoms with E-state index in [0.29, 0.717) is 19.0 Å². The third kappa shape index (κ3) is 5.79. The molecule has 0 aromatic carbocycles. The number of thiophene rings is 1. The zero-order valence-electron chi connectivity index (χ0n) is 14.0. The fourth-order valence-corrected chi connectivity index (χ4v) is 3.42. The second kappa shape index (κ2) is 9.88. The van der Waals surface area contributed by atoms with Crippen LogP contribution in [0.25, 0.3) is 10.8 Å². The minimum absolute atomic E-state index is 0. The fourth-order valence-electron chi connectivity index (χ4n) is 2.04. The van der Waals surface area contributed by atoms with Crippen LogP contribution in [0.3, 0.4) is 0 Å². The van der Waals surface area contributed by atoms with Crippen LogP contribution in [0.5, 0.6) is 0 Å². The van der Waals surface area contributed by atoms with Gasteiger partial charge in [-0.1, -0.05) is 6.07 Å². The number of thiazole rings is 1. The number of nitrogens with zero attached hydrogens (tertiary/aromatic N) is 3. The Hall–Kier alpha value is -1.46. The smallest absolute Gasteiger partial charge is 0.236 e. The van der Waals surface area contributed by atoms with Gasteiger partial charge in [0, 0.05) is 17.6 Å². The Balaban J connectivity index is 0.00000225. The van der Waals surface area contributed by atoms with Crippen LogP contribution in [0.1, 0.15) is 22.5 Å². The van der Waals surface area contributed by atoms with Crippen molar-refractivity contribution in [3.63, 3.8) is 0 Å². The van der Waals surface area contributed by atoms with Crippen LogP contribution in [0, 0.1) is 6.92 Å². The summed E-state index contributed by atoms with van der Waals surface area (Å²) < 4.78 is 5.51. The van der Waals surface area contributed by atoms with Crippen LogP contribution in [0.2, 0.25) is 0 Å². The highest BCUT2D eigenvalue weighted by Gasteiger charge is 2.07. The molecule has 0 aliphatic heterocycles. The van der Waals surface area contributed by atoms with E-state index in [1.165, 1.54) is 4.88 Å². The van der Waals surface area contributed by atoms with Crippen LogP contribution in [0.4, 0.5) is 0 Å². The Morgan fingerprint density at radius 2 is 2.24 bits per heavy atom. The number of nitrogens with one attached hydrogen (secondary N) is 2. The van der Waals surface area contributed by atoms with Crippen LogP contribution in [-0.2, 0) is 13.1 Å². The van der Waals surface area contributed by atoms with Crippen LogP contribution in [0.15, 0.2) is 39.4 Å². The van der Waals surface area contributed by atoms with Gasteiger partial charge in [0.05, 0.1) is 18.0 Å². The topological polar surface area (TPSA) is 75.3 Å². The number of rotatable bonds is 6. The van der Waals surface area contributed by atoms with Crippen molar-refractivity contribution in [2.24, 2.45) is 4.99 Å². The molecular formula is C16H20IN5OS2. The third-order valence-electron chi connectivity index (χ3n) is 3.10. The van der Waals surface area contributed by atoms with Gasteiger partial charge in [-0.2, -0.15) is 0 Å². The monoisotopic (exact) mass is 489 g/mol. The van der Waals surface area contributed by atoms with E-state index in [2.05, 4.69) is 32.5 Å². The number of aryl methyl sites for hydroxylation is 1. The van der Waals surface area contributed by atoms with Gasteiger partial charge < -0.3 is 15.1 Å². The molecule has 0 aliphatic rings. The first kappa shape index (κ1) is 19.9. The lowest BCUT2D eigenvalue weighted by molar-refractivity contribution is 0.574. The minimum atomic E-state index is 0. The number of halogens is 1. The molecule has 0 fully saturated rings. The predicted octanol–water partition coefficient (Wildman–Crippen LogP) is 4.04. The quantitative estimate of drug-likeness (QED) is 0.311. The van der Waals surface area contributed by atoms with Gasteiger partial charge in [-0.3, -0.25) is 0 Å². The summed E-state index contributed by atoms with van der Waals surface area (Å²) in [6.45, 7) is 6.00. The van der Waals surface area contributed by atoms with Crippen molar-refractivity contribution < 1.29 is 4.42 Å². The average molecular weight is 489 g/mol. The summed E-state index contributed by atoms with van der Waals surface area (Å²) in [6.07, 6.45) is 3.54. The second-order valence-electron chi connectivity index (χ2n) is 5.03. The van der Waals surface area contributed by atoms with E-state index in [0.717, 1.165) is 28.1 Å². The largest absolute Gasteiger partial charge is 0.443 e. The Morgan fingerprint density at radius 1 is 1.36 bits per heavy atom. The Bertz CT molecular complexity index is 797. The summed E-state index contributed by atoms with van der Waals surface area (Å²) in [5, 5.41) is 9.56. The number of oxazole rings is 1. The van der Waals surface area contributed by atoms with Gasteiger partial charge in [-0.05, 0) is 25.3 Å². The number of guanidine groups is 1. The molecule has 25 heavy (non-hydrogen) atoms. The first-order valence-corrected chi connectivity index (χ1v) is 9.36. The van der Waals surface area contributed by atoms with Gasteiger partial charge in [-0.25, -0.2) is 15.0 Å². The van der Waals surface area contributed by atoms with Gasteiger partial charge in [0.15, 0.2) is 5.96 Å². The first-order chi connectivity index (χ1) is 11.7. The molecule has 0 unspecified atom stereocenters. The Morgan fingerprint density at radius 3 is 2.92 bits per heavy atom. The highest BCUT2D eigenvalue weighted by molar-refractivity contribution is 14.0. The maximum atomic E-state index is 5.51. The molecule has 3 aromatic heterocycles. The highest BCUT2D eigenvalue weighted by Crippen LogP contribution is 2.23. The summed E-state index contributed by atoms with van der Waals surface area (Å²) >= 11 is 3.29. The molecular weight excluding hydrogens is 469 g/mol. The maximum absolute atomic E-state index is 5.51. The van der Waals surface area contributed by atoms with Crippen molar-refractivity contribution in [1.82, 2.24) is 20.6 Å². The summed E-state index contributed by atoms with van der Waals surface area (Å²) in [4.78, 5) is 15.6. The Labute approximate surface area is 171 Å². The summed E-state index contributed by atoms with van der Waals surface area (Å²) in [5.41, 5.74) is 0.806. The van der Waals surface area contributed by atoms with E-state index in [4.69, 9.17) is 4.42 Å².